The van der Waals surface area contributed by atoms with E-state index in [-0.39, 0.29) is 17.8 Å². The van der Waals surface area contributed by atoms with Crippen LogP contribution in [0.2, 0.25) is 0 Å². The molecule has 24 heavy (non-hydrogen) atoms. The maximum Gasteiger partial charge on any atom is 0.231 e. The van der Waals surface area contributed by atoms with Crippen LogP contribution in [0.15, 0.2) is 18.3 Å². The molecule has 0 amide bonds. The molecule has 2 aliphatic heterocycles. The number of rotatable bonds is 5. The predicted molar refractivity (Wildman–Crippen MR) is 85.9 cm³/mol. The van der Waals surface area contributed by atoms with Gasteiger partial charge in [0, 0.05) is 35.8 Å². The van der Waals surface area contributed by atoms with Crippen molar-refractivity contribution in [2.45, 2.75) is 37.6 Å². The molecule has 0 aromatic carbocycles. The molecule has 0 spiro atoms. The first-order valence-corrected chi connectivity index (χ1v) is 8.48. The third-order valence-electron chi connectivity index (χ3n) is 5.60. The monoisotopic (exact) mass is 325 g/mol. The van der Waals surface area contributed by atoms with Crippen molar-refractivity contribution in [2.75, 3.05) is 18.1 Å². The number of fused-ring (bicyclic) bond motifs is 1. The fourth-order valence-electron chi connectivity index (χ4n) is 3.99. The second kappa shape index (κ2) is 4.86. The van der Waals surface area contributed by atoms with Crippen LogP contribution in [-0.4, -0.2) is 50.2 Å². The highest BCUT2D eigenvalue weighted by atomic mass is 16.3. The van der Waals surface area contributed by atoms with E-state index in [2.05, 4.69) is 25.1 Å². The summed E-state index contributed by atoms with van der Waals surface area (Å²) in [7, 11) is 0. The van der Waals surface area contributed by atoms with E-state index in [9.17, 15) is 9.90 Å². The highest BCUT2D eigenvalue weighted by Crippen LogP contribution is 2.52. The molecule has 2 aliphatic carbocycles. The number of hydrogen-bond acceptors (Lipinski definition) is 6. The molecule has 0 radical (unpaired) electrons. The first kappa shape index (κ1) is 14.1. The molecule has 4 aliphatic rings. The first-order chi connectivity index (χ1) is 11.7. The summed E-state index contributed by atoms with van der Waals surface area (Å²) >= 11 is 0. The predicted octanol–water partition coefficient (Wildman–Crippen LogP) is 1.27. The summed E-state index contributed by atoms with van der Waals surface area (Å²) in [5, 5.41) is 16.6. The van der Waals surface area contributed by atoms with Crippen LogP contribution in [-0.2, 0) is 0 Å². The largest absolute Gasteiger partial charge is 0.396 e. The number of carbonyl (C=O) groups is 1. The topological polar surface area (TPSA) is 95.0 Å². The molecule has 7 heteroatoms. The van der Waals surface area contributed by atoms with Crippen molar-refractivity contribution in [2.24, 2.45) is 5.41 Å². The Morgan fingerprint density at radius 2 is 2.21 bits per heavy atom. The van der Waals surface area contributed by atoms with Crippen molar-refractivity contribution in [3.8, 4) is 0 Å². The molecular weight excluding hydrogens is 306 g/mol. The van der Waals surface area contributed by atoms with Gasteiger partial charge in [-0.2, -0.15) is 5.10 Å². The number of H-pyrrole nitrogens is 1. The molecule has 6 rings (SSSR count). The van der Waals surface area contributed by atoms with Crippen LogP contribution in [0.25, 0.3) is 0 Å². The van der Waals surface area contributed by atoms with E-state index in [0.717, 1.165) is 37.9 Å². The van der Waals surface area contributed by atoms with Crippen LogP contribution in [0, 0.1) is 5.41 Å². The molecular formula is C17H19N5O2. The van der Waals surface area contributed by atoms with Crippen molar-refractivity contribution in [3.05, 3.63) is 35.4 Å². The van der Waals surface area contributed by atoms with Gasteiger partial charge in [-0.3, -0.25) is 9.89 Å². The lowest BCUT2D eigenvalue weighted by atomic mass is 9.71. The van der Waals surface area contributed by atoms with Crippen molar-refractivity contribution in [1.29, 1.82) is 0 Å². The number of hydrogen-bond donors (Lipinski definition) is 2. The Kier molecular flexibility index (Phi) is 2.85. The SMILES string of the molecule is O=C(c1cc(C2CC2)[nH]n1)c1ccnc(N2CC3(CO)CC2C3)n1. The van der Waals surface area contributed by atoms with Crippen molar-refractivity contribution in [3.63, 3.8) is 0 Å². The molecule has 2 aromatic heterocycles. The van der Waals surface area contributed by atoms with Gasteiger partial charge in [0.25, 0.3) is 0 Å². The van der Waals surface area contributed by atoms with E-state index < -0.39 is 0 Å². The zero-order chi connectivity index (χ0) is 16.3. The summed E-state index contributed by atoms with van der Waals surface area (Å²) in [6.07, 6.45) is 5.92. The van der Waals surface area contributed by atoms with Crippen LogP contribution in [0.3, 0.4) is 0 Å². The lowest BCUT2D eigenvalue weighted by Gasteiger charge is -2.34. The van der Waals surface area contributed by atoms with Crippen LogP contribution in [0.5, 0.6) is 0 Å². The van der Waals surface area contributed by atoms with Crippen molar-refractivity contribution in [1.82, 2.24) is 20.2 Å². The normalized spacial score (nSPS) is 28.0. The molecule has 0 unspecified atom stereocenters. The Balaban J connectivity index is 1.39. The number of nitrogens with one attached hydrogen (secondary N) is 1. The minimum atomic E-state index is -0.176. The number of aliphatic hydroxyl groups is 1. The third kappa shape index (κ3) is 2.07. The van der Waals surface area contributed by atoms with Crippen LogP contribution < -0.4 is 4.90 Å². The Bertz CT molecular complexity index is 807. The first-order valence-electron chi connectivity index (χ1n) is 8.48. The molecule has 124 valence electrons. The minimum Gasteiger partial charge on any atom is -0.396 e. The molecule has 2 N–H and O–H groups in total. The zero-order valence-electron chi connectivity index (χ0n) is 13.3. The second-order valence-corrected chi connectivity index (χ2v) is 7.40. The van der Waals surface area contributed by atoms with Gasteiger partial charge in [0.1, 0.15) is 11.4 Å². The van der Waals surface area contributed by atoms with Gasteiger partial charge in [-0.05, 0) is 37.8 Å². The summed E-state index contributed by atoms with van der Waals surface area (Å²) in [5.41, 5.74) is 1.84. The molecule has 2 saturated carbocycles. The summed E-state index contributed by atoms with van der Waals surface area (Å²) in [4.78, 5) is 23.6. The smallest absolute Gasteiger partial charge is 0.231 e. The summed E-state index contributed by atoms with van der Waals surface area (Å²) in [5.74, 6) is 0.938. The molecule has 2 bridgehead atoms. The second-order valence-electron chi connectivity index (χ2n) is 7.40. The van der Waals surface area contributed by atoms with Crippen LogP contribution >= 0.6 is 0 Å². The molecule has 7 nitrogen and oxygen atoms in total. The maximum atomic E-state index is 12.6. The molecule has 4 fully saturated rings. The quantitative estimate of drug-likeness (QED) is 0.804. The number of anilines is 1. The van der Waals surface area contributed by atoms with E-state index in [4.69, 9.17) is 0 Å². The van der Waals surface area contributed by atoms with Gasteiger partial charge >= 0.3 is 0 Å². The van der Waals surface area contributed by atoms with E-state index in [0.29, 0.717) is 29.3 Å². The van der Waals surface area contributed by atoms with Gasteiger partial charge in [-0.15, -0.1) is 0 Å². The summed E-state index contributed by atoms with van der Waals surface area (Å²) in [6.45, 7) is 0.968. The molecule has 4 heterocycles. The van der Waals surface area contributed by atoms with Gasteiger partial charge in [0.05, 0.1) is 6.61 Å². The van der Waals surface area contributed by atoms with Gasteiger partial charge in [0.15, 0.2) is 0 Å². The number of aromatic nitrogens is 4. The van der Waals surface area contributed by atoms with Gasteiger partial charge in [0.2, 0.25) is 11.7 Å². The van der Waals surface area contributed by atoms with Crippen molar-refractivity contribution >= 4 is 11.7 Å². The van der Waals surface area contributed by atoms with E-state index in [1.54, 1.807) is 12.3 Å². The van der Waals surface area contributed by atoms with Crippen LogP contribution in [0.1, 0.15) is 53.5 Å². The van der Waals surface area contributed by atoms with Gasteiger partial charge in [-0.25, -0.2) is 9.97 Å². The average molecular weight is 325 g/mol. The van der Waals surface area contributed by atoms with Crippen LogP contribution in [0.4, 0.5) is 5.95 Å². The molecule has 2 aromatic rings. The summed E-state index contributed by atoms with van der Waals surface area (Å²) < 4.78 is 0. The number of nitrogens with zero attached hydrogens (tertiary/aromatic N) is 4. The van der Waals surface area contributed by atoms with Crippen molar-refractivity contribution < 1.29 is 9.90 Å². The van der Waals surface area contributed by atoms with E-state index in [1.807, 2.05) is 6.07 Å². The Morgan fingerprint density at radius 1 is 1.38 bits per heavy atom. The highest BCUT2D eigenvalue weighted by Gasteiger charge is 2.55. The summed E-state index contributed by atoms with van der Waals surface area (Å²) in [6, 6.07) is 3.86. The number of ketones is 1. The fourth-order valence-corrected chi connectivity index (χ4v) is 3.99. The highest BCUT2D eigenvalue weighted by molar-refractivity contribution is 6.06. The number of aliphatic hydroxyl groups excluding tert-OH is 1. The van der Waals surface area contributed by atoms with E-state index in [1.165, 1.54) is 0 Å². The van der Waals surface area contributed by atoms with E-state index >= 15 is 0 Å². The maximum absolute atomic E-state index is 12.6. The Labute approximate surface area is 139 Å². The third-order valence-corrected chi connectivity index (χ3v) is 5.60. The average Bonchev–Trinajstić information content (AvgIpc) is 3.07. The number of carbonyl (C=O) groups excluding carboxylic acids is 1. The lowest BCUT2D eigenvalue weighted by Crippen LogP contribution is -2.37. The standard InChI is InChI=1S/C17H19N5O2/c23-9-17-6-11(7-17)22(8-17)16-18-4-3-12(19-16)15(24)14-5-13(20-21-14)10-1-2-10/h3-5,10-11,23H,1-2,6-9H2,(H,20,21). The minimum absolute atomic E-state index is 0.00933. The Morgan fingerprint density at radius 3 is 2.92 bits per heavy atom. The number of aromatic amines is 1. The van der Waals surface area contributed by atoms with Gasteiger partial charge in [-0.1, -0.05) is 0 Å². The lowest BCUT2D eigenvalue weighted by molar-refractivity contribution is 0.0873. The zero-order valence-corrected chi connectivity index (χ0v) is 13.3. The molecule has 2 saturated heterocycles. The Hall–Kier alpha value is -2.28. The molecule has 0 atom stereocenters. The fraction of sp³-hybridized carbons (Fsp3) is 0.529. The van der Waals surface area contributed by atoms with Gasteiger partial charge < -0.3 is 10.0 Å².